The van der Waals surface area contributed by atoms with Crippen LogP contribution >= 0.6 is 0 Å². The van der Waals surface area contributed by atoms with Crippen LogP contribution in [0.5, 0.6) is 0 Å². The van der Waals surface area contributed by atoms with Crippen molar-refractivity contribution in [3.05, 3.63) is 65.2 Å². The van der Waals surface area contributed by atoms with E-state index in [9.17, 15) is 13.6 Å². The molecule has 0 bridgehead atoms. The number of anilines is 1. The number of amides is 1. The molecule has 0 fully saturated rings. The smallest absolute Gasteiger partial charge is 0.224 e. The zero-order valence-electron chi connectivity index (χ0n) is 11.8. The summed E-state index contributed by atoms with van der Waals surface area (Å²) in [5, 5.41) is 2.45. The van der Waals surface area contributed by atoms with Crippen LogP contribution in [0, 0.1) is 11.6 Å². The van der Waals surface area contributed by atoms with Crippen LogP contribution in [0.4, 0.5) is 14.5 Å². The normalized spacial score (nSPS) is 10.4. The monoisotopic (exact) mass is 289 g/mol. The first-order chi connectivity index (χ1) is 10.1. The third kappa shape index (κ3) is 4.38. The van der Waals surface area contributed by atoms with Crippen molar-refractivity contribution in [1.82, 2.24) is 0 Å². The molecule has 0 radical (unpaired) electrons. The highest BCUT2D eigenvalue weighted by Gasteiger charge is 2.08. The van der Waals surface area contributed by atoms with Crippen LogP contribution in [0.25, 0.3) is 0 Å². The molecule has 2 rings (SSSR count). The summed E-state index contributed by atoms with van der Waals surface area (Å²) in [6.45, 7) is 2.08. The molecule has 0 spiro atoms. The maximum absolute atomic E-state index is 13.4. The van der Waals surface area contributed by atoms with Crippen LogP contribution < -0.4 is 5.32 Å². The molecular formula is C17H17F2NO. The van der Waals surface area contributed by atoms with E-state index < -0.39 is 11.6 Å². The molecule has 0 aliphatic heterocycles. The van der Waals surface area contributed by atoms with E-state index in [-0.39, 0.29) is 18.0 Å². The summed E-state index contributed by atoms with van der Waals surface area (Å²) < 4.78 is 26.2. The molecule has 4 heteroatoms. The van der Waals surface area contributed by atoms with Gasteiger partial charge in [0.1, 0.15) is 11.6 Å². The topological polar surface area (TPSA) is 29.1 Å². The Hall–Kier alpha value is -2.23. The summed E-state index contributed by atoms with van der Waals surface area (Å²) in [4.78, 5) is 11.8. The minimum atomic E-state index is -0.768. The number of benzene rings is 2. The van der Waals surface area contributed by atoms with Gasteiger partial charge in [-0.1, -0.05) is 31.2 Å². The number of carbonyl (C=O) groups excluding carboxylic acids is 1. The lowest BCUT2D eigenvalue weighted by molar-refractivity contribution is -0.116. The fourth-order valence-electron chi connectivity index (χ4n) is 2.00. The number of hydrogen-bond donors (Lipinski definition) is 1. The van der Waals surface area contributed by atoms with Gasteiger partial charge >= 0.3 is 0 Å². The predicted octanol–water partition coefficient (Wildman–Crippen LogP) is 4.10. The van der Waals surface area contributed by atoms with Gasteiger partial charge in [-0.05, 0) is 36.1 Å². The van der Waals surface area contributed by atoms with Crippen molar-refractivity contribution in [2.75, 3.05) is 5.32 Å². The van der Waals surface area contributed by atoms with Crippen molar-refractivity contribution in [1.29, 1.82) is 0 Å². The van der Waals surface area contributed by atoms with Gasteiger partial charge in [-0.15, -0.1) is 0 Å². The van der Waals surface area contributed by atoms with E-state index in [0.29, 0.717) is 6.42 Å². The second kappa shape index (κ2) is 6.97. The van der Waals surface area contributed by atoms with E-state index in [0.717, 1.165) is 24.1 Å². The maximum Gasteiger partial charge on any atom is 0.224 e. The predicted molar refractivity (Wildman–Crippen MR) is 79.1 cm³/mol. The minimum Gasteiger partial charge on any atom is -0.324 e. The lowest BCUT2D eigenvalue weighted by Gasteiger charge is -2.07. The molecule has 0 aliphatic carbocycles. The Kier molecular flexibility index (Phi) is 5.04. The Balaban J connectivity index is 1.89. The quantitative estimate of drug-likeness (QED) is 0.882. The molecule has 0 saturated heterocycles. The molecule has 0 saturated carbocycles. The molecule has 0 unspecified atom stereocenters. The van der Waals surface area contributed by atoms with Gasteiger partial charge in [0.05, 0.1) is 5.69 Å². The highest BCUT2D eigenvalue weighted by atomic mass is 19.1. The van der Waals surface area contributed by atoms with Crippen LogP contribution in [-0.4, -0.2) is 5.91 Å². The van der Waals surface area contributed by atoms with Crippen molar-refractivity contribution in [2.24, 2.45) is 0 Å². The van der Waals surface area contributed by atoms with Gasteiger partial charge in [-0.25, -0.2) is 8.78 Å². The number of halogens is 2. The number of carbonyl (C=O) groups is 1. The zero-order chi connectivity index (χ0) is 15.2. The fraction of sp³-hybridized carbons (Fsp3) is 0.235. The highest BCUT2D eigenvalue weighted by molar-refractivity contribution is 5.90. The summed E-state index contributed by atoms with van der Waals surface area (Å²) in [7, 11) is 0. The van der Waals surface area contributed by atoms with Crippen LogP contribution in [0.3, 0.4) is 0 Å². The maximum atomic E-state index is 13.4. The number of rotatable bonds is 5. The molecule has 21 heavy (non-hydrogen) atoms. The molecule has 0 heterocycles. The van der Waals surface area contributed by atoms with E-state index >= 15 is 0 Å². The van der Waals surface area contributed by atoms with Gasteiger partial charge in [0.25, 0.3) is 0 Å². The van der Waals surface area contributed by atoms with Gasteiger partial charge in [0.15, 0.2) is 0 Å². The second-order valence-electron chi connectivity index (χ2n) is 4.84. The van der Waals surface area contributed by atoms with E-state index in [1.807, 2.05) is 24.3 Å². The lowest BCUT2D eigenvalue weighted by atomic mass is 10.1. The molecule has 2 aromatic carbocycles. The fourth-order valence-corrected chi connectivity index (χ4v) is 2.00. The van der Waals surface area contributed by atoms with Gasteiger partial charge in [-0.2, -0.15) is 0 Å². The molecule has 0 aliphatic rings. The van der Waals surface area contributed by atoms with Crippen LogP contribution in [-0.2, 0) is 17.6 Å². The Bertz CT molecular complexity index is 623. The summed E-state index contributed by atoms with van der Waals surface area (Å²) >= 11 is 0. The van der Waals surface area contributed by atoms with Crippen molar-refractivity contribution >= 4 is 11.6 Å². The van der Waals surface area contributed by atoms with Gasteiger partial charge in [0.2, 0.25) is 5.91 Å². The second-order valence-corrected chi connectivity index (χ2v) is 4.84. The third-order valence-electron chi connectivity index (χ3n) is 3.28. The van der Waals surface area contributed by atoms with E-state index in [1.54, 1.807) is 0 Å². The van der Waals surface area contributed by atoms with E-state index in [2.05, 4.69) is 12.2 Å². The van der Waals surface area contributed by atoms with Crippen molar-refractivity contribution in [3.8, 4) is 0 Å². The summed E-state index contributed by atoms with van der Waals surface area (Å²) in [6.07, 6.45) is 1.81. The number of hydrogen-bond acceptors (Lipinski definition) is 1. The first-order valence-corrected chi connectivity index (χ1v) is 6.91. The van der Waals surface area contributed by atoms with Crippen LogP contribution in [0.15, 0.2) is 42.5 Å². The van der Waals surface area contributed by atoms with Crippen molar-refractivity contribution in [2.45, 2.75) is 26.2 Å². The van der Waals surface area contributed by atoms with Crippen LogP contribution in [0.1, 0.15) is 24.5 Å². The van der Waals surface area contributed by atoms with Crippen molar-refractivity contribution in [3.63, 3.8) is 0 Å². The highest BCUT2D eigenvalue weighted by Crippen LogP contribution is 2.15. The first kappa shape index (κ1) is 15.2. The largest absolute Gasteiger partial charge is 0.324 e. The molecular weight excluding hydrogens is 272 g/mol. The number of nitrogens with one attached hydrogen (secondary N) is 1. The van der Waals surface area contributed by atoms with Gasteiger partial charge in [0, 0.05) is 12.5 Å². The summed E-state index contributed by atoms with van der Waals surface area (Å²) in [5.74, 6) is -1.72. The molecule has 110 valence electrons. The molecule has 2 nitrogen and oxygen atoms in total. The third-order valence-corrected chi connectivity index (χ3v) is 3.28. The Morgan fingerprint density at radius 1 is 1.05 bits per heavy atom. The molecule has 1 amide bonds. The van der Waals surface area contributed by atoms with E-state index in [1.165, 1.54) is 11.6 Å². The molecule has 1 N–H and O–H groups in total. The summed E-state index contributed by atoms with van der Waals surface area (Å²) in [5.41, 5.74) is 2.31. The number of aryl methyl sites for hydroxylation is 2. The average Bonchev–Trinajstić information content (AvgIpc) is 2.48. The Labute approximate surface area is 122 Å². The Morgan fingerprint density at radius 3 is 2.33 bits per heavy atom. The Morgan fingerprint density at radius 2 is 1.71 bits per heavy atom. The lowest BCUT2D eigenvalue weighted by Crippen LogP contribution is -2.13. The molecule has 0 atom stereocenters. The van der Waals surface area contributed by atoms with Gasteiger partial charge in [-0.3, -0.25) is 4.79 Å². The van der Waals surface area contributed by atoms with Crippen molar-refractivity contribution < 1.29 is 13.6 Å². The standard InChI is InChI=1S/C17H17F2NO/c1-2-12-3-5-13(6-4-12)7-10-17(21)20-16-9-8-14(18)11-15(16)19/h3-6,8-9,11H,2,7,10H2,1H3,(H,20,21). The minimum absolute atomic E-state index is 0.00253. The van der Waals surface area contributed by atoms with E-state index in [4.69, 9.17) is 0 Å². The first-order valence-electron chi connectivity index (χ1n) is 6.91. The van der Waals surface area contributed by atoms with Gasteiger partial charge < -0.3 is 5.32 Å². The van der Waals surface area contributed by atoms with Crippen LogP contribution in [0.2, 0.25) is 0 Å². The molecule has 2 aromatic rings. The molecule has 0 aromatic heterocycles. The zero-order valence-corrected chi connectivity index (χ0v) is 11.8. The summed E-state index contributed by atoms with van der Waals surface area (Å²) in [6, 6.07) is 11.1. The SMILES string of the molecule is CCc1ccc(CCC(=O)Nc2ccc(F)cc2F)cc1. The average molecular weight is 289 g/mol.